The second-order valence-electron chi connectivity index (χ2n) is 7.34. The molecule has 0 radical (unpaired) electrons. The van der Waals surface area contributed by atoms with Crippen LogP contribution in [-0.4, -0.2) is 21.8 Å². The molecule has 0 aliphatic rings. The maximum atomic E-state index is 12.1. The van der Waals surface area contributed by atoms with E-state index < -0.39 is 0 Å². The summed E-state index contributed by atoms with van der Waals surface area (Å²) in [5, 5.41) is 6.72. The molecule has 1 aromatic heterocycles. The third kappa shape index (κ3) is 4.83. The summed E-state index contributed by atoms with van der Waals surface area (Å²) in [6.45, 7) is 15.9. The van der Waals surface area contributed by atoms with E-state index in [0.717, 1.165) is 11.4 Å². The summed E-state index contributed by atoms with van der Waals surface area (Å²) < 4.78 is 0. The molecule has 2 N–H and O–H groups in total. The van der Waals surface area contributed by atoms with E-state index in [2.05, 4.69) is 57.2 Å². The van der Waals surface area contributed by atoms with Gasteiger partial charge in [-0.15, -0.1) is 0 Å². The maximum absolute atomic E-state index is 12.1. The Labute approximate surface area is 122 Å². The van der Waals surface area contributed by atoms with Crippen LogP contribution in [0, 0.1) is 6.92 Å². The summed E-state index contributed by atoms with van der Waals surface area (Å²) in [6, 6.07) is 1.93. The lowest BCUT2D eigenvalue weighted by Gasteiger charge is -2.27. The monoisotopic (exact) mass is 277 g/mol. The van der Waals surface area contributed by atoms with Gasteiger partial charge in [-0.1, -0.05) is 0 Å². The van der Waals surface area contributed by atoms with Gasteiger partial charge in [0, 0.05) is 16.8 Å². The zero-order chi connectivity index (χ0) is 15.7. The van der Waals surface area contributed by atoms with Gasteiger partial charge in [0.1, 0.15) is 5.82 Å². The predicted molar refractivity (Wildman–Crippen MR) is 85.7 cm³/mol. The van der Waals surface area contributed by atoms with Crippen LogP contribution in [0.4, 0.5) is 11.5 Å². The Balaban J connectivity index is 3.40. The van der Waals surface area contributed by atoms with Crippen LogP contribution in [-0.2, 0) is 0 Å². The largest absolute Gasteiger partial charge is 0.380 e. The number of carbonyl (C=O) groups is 1. The molecule has 1 aromatic rings. The second-order valence-corrected chi connectivity index (χ2v) is 7.34. The van der Waals surface area contributed by atoms with Gasteiger partial charge < -0.3 is 10.6 Å². The van der Waals surface area contributed by atoms with Crippen molar-refractivity contribution < 1.29 is 4.79 Å². The van der Waals surface area contributed by atoms with E-state index >= 15 is 0 Å². The minimum Gasteiger partial charge on any atom is -0.380 e. The minimum absolute atomic E-state index is 0.0102. The molecular weight excluding hydrogens is 250 g/mol. The molecule has 0 aromatic carbocycles. The Hall–Kier alpha value is -1.58. The van der Waals surface area contributed by atoms with Crippen molar-refractivity contribution in [1.29, 1.82) is 0 Å². The third-order valence-corrected chi connectivity index (χ3v) is 2.50. The molecule has 0 aliphatic heterocycles. The molecule has 0 amide bonds. The number of aromatic nitrogens is 1. The molecule has 0 atom stereocenters. The first kappa shape index (κ1) is 16.5. The highest BCUT2D eigenvalue weighted by atomic mass is 16.1. The molecular formula is C16H27N3O. The van der Waals surface area contributed by atoms with Gasteiger partial charge in [-0.05, 0) is 61.5 Å². The van der Waals surface area contributed by atoms with Gasteiger partial charge in [0.2, 0.25) is 0 Å². The quantitative estimate of drug-likeness (QED) is 0.820. The first-order chi connectivity index (χ1) is 8.89. The number of hydrogen-bond donors (Lipinski definition) is 2. The Morgan fingerprint density at radius 2 is 1.55 bits per heavy atom. The lowest BCUT2D eigenvalue weighted by molar-refractivity contribution is 0.101. The highest BCUT2D eigenvalue weighted by molar-refractivity contribution is 6.04. The van der Waals surface area contributed by atoms with Crippen LogP contribution >= 0.6 is 0 Å². The lowest BCUT2D eigenvalue weighted by atomic mass is 10.0. The molecule has 0 saturated carbocycles. The number of pyridine rings is 1. The number of Topliss-reactive ketones (excluding diaryl/α,β-unsaturated/α-hetero) is 1. The number of rotatable bonds is 3. The van der Waals surface area contributed by atoms with Gasteiger partial charge in [-0.25, -0.2) is 4.98 Å². The minimum atomic E-state index is -0.149. The van der Waals surface area contributed by atoms with Crippen molar-refractivity contribution in [3.05, 3.63) is 17.3 Å². The topological polar surface area (TPSA) is 54.0 Å². The molecule has 4 nitrogen and oxygen atoms in total. The summed E-state index contributed by atoms with van der Waals surface area (Å²) in [4.78, 5) is 16.5. The second kappa shape index (κ2) is 5.43. The molecule has 0 aliphatic carbocycles. The van der Waals surface area contributed by atoms with E-state index in [-0.39, 0.29) is 16.9 Å². The van der Waals surface area contributed by atoms with Crippen molar-refractivity contribution in [3.8, 4) is 0 Å². The molecule has 20 heavy (non-hydrogen) atoms. The number of anilines is 2. The molecule has 0 saturated heterocycles. The van der Waals surface area contributed by atoms with Crippen LogP contribution in [0.2, 0.25) is 0 Å². The van der Waals surface area contributed by atoms with Gasteiger partial charge >= 0.3 is 0 Å². The Morgan fingerprint density at radius 3 is 1.95 bits per heavy atom. The first-order valence-electron chi connectivity index (χ1n) is 6.98. The van der Waals surface area contributed by atoms with Crippen molar-refractivity contribution in [3.63, 3.8) is 0 Å². The van der Waals surface area contributed by atoms with Crippen LogP contribution in [0.3, 0.4) is 0 Å². The van der Waals surface area contributed by atoms with Crippen molar-refractivity contribution in [2.24, 2.45) is 0 Å². The Kier molecular flexibility index (Phi) is 4.47. The standard InChI is InChI=1S/C16H27N3O/c1-10-9-12(18-15(3,4)5)13(11(2)20)14(17-10)19-16(6,7)8/h9H,1-8H3,(H2,17,18,19). The molecule has 1 rings (SSSR count). The SMILES string of the molecule is CC(=O)c1c(NC(C)(C)C)cc(C)nc1NC(C)(C)C. The van der Waals surface area contributed by atoms with Crippen molar-refractivity contribution in [2.75, 3.05) is 10.6 Å². The van der Waals surface area contributed by atoms with Gasteiger partial charge in [0.05, 0.1) is 11.3 Å². The van der Waals surface area contributed by atoms with Crippen LogP contribution < -0.4 is 10.6 Å². The van der Waals surface area contributed by atoms with E-state index in [9.17, 15) is 4.79 Å². The van der Waals surface area contributed by atoms with Gasteiger partial charge in [0.15, 0.2) is 5.78 Å². The fourth-order valence-electron chi connectivity index (χ4n) is 1.98. The average molecular weight is 277 g/mol. The molecule has 0 bridgehead atoms. The van der Waals surface area contributed by atoms with E-state index in [4.69, 9.17) is 0 Å². The van der Waals surface area contributed by atoms with Crippen LogP contribution in [0.5, 0.6) is 0 Å². The van der Waals surface area contributed by atoms with Gasteiger partial charge in [0.25, 0.3) is 0 Å². The summed E-state index contributed by atoms with van der Waals surface area (Å²) in [5.74, 6) is 0.660. The van der Waals surface area contributed by atoms with Crippen molar-refractivity contribution >= 4 is 17.3 Å². The Morgan fingerprint density at radius 1 is 1.05 bits per heavy atom. The van der Waals surface area contributed by atoms with Crippen LogP contribution in [0.15, 0.2) is 6.07 Å². The van der Waals surface area contributed by atoms with E-state index in [0.29, 0.717) is 11.4 Å². The molecule has 0 fully saturated rings. The Bertz CT molecular complexity index is 470. The molecule has 0 spiro atoms. The highest BCUT2D eigenvalue weighted by Crippen LogP contribution is 2.28. The molecule has 0 unspecified atom stereocenters. The summed E-state index contributed by atoms with van der Waals surface area (Å²) in [7, 11) is 0. The average Bonchev–Trinajstić information content (AvgIpc) is 2.08. The number of nitrogens with zero attached hydrogens (tertiary/aromatic N) is 1. The van der Waals surface area contributed by atoms with Gasteiger partial charge in [-0.3, -0.25) is 4.79 Å². The fourth-order valence-corrected chi connectivity index (χ4v) is 1.98. The summed E-state index contributed by atoms with van der Waals surface area (Å²) in [5.41, 5.74) is 2.08. The smallest absolute Gasteiger partial charge is 0.165 e. The fraction of sp³-hybridized carbons (Fsp3) is 0.625. The van der Waals surface area contributed by atoms with Gasteiger partial charge in [-0.2, -0.15) is 0 Å². The maximum Gasteiger partial charge on any atom is 0.165 e. The zero-order valence-electron chi connectivity index (χ0n) is 13.9. The summed E-state index contributed by atoms with van der Waals surface area (Å²) >= 11 is 0. The highest BCUT2D eigenvalue weighted by Gasteiger charge is 2.22. The van der Waals surface area contributed by atoms with Crippen molar-refractivity contribution in [1.82, 2.24) is 4.98 Å². The molecule has 4 heteroatoms. The predicted octanol–water partition coefficient (Wildman–Crippen LogP) is 4.01. The normalized spacial score (nSPS) is 12.2. The molecule has 112 valence electrons. The van der Waals surface area contributed by atoms with E-state index in [1.54, 1.807) is 6.92 Å². The lowest BCUT2D eigenvalue weighted by Crippen LogP contribution is -2.30. The number of hydrogen-bond acceptors (Lipinski definition) is 4. The first-order valence-corrected chi connectivity index (χ1v) is 6.98. The van der Waals surface area contributed by atoms with E-state index in [1.165, 1.54) is 0 Å². The third-order valence-electron chi connectivity index (χ3n) is 2.50. The summed E-state index contributed by atoms with van der Waals surface area (Å²) in [6.07, 6.45) is 0. The molecule has 1 heterocycles. The zero-order valence-corrected chi connectivity index (χ0v) is 13.9. The number of carbonyl (C=O) groups excluding carboxylic acids is 1. The number of nitrogens with one attached hydrogen (secondary N) is 2. The van der Waals surface area contributed by atoms with Crippen LogP contribution in [0.1, 0.15) is 64.5 Å². The number of aryl methyl sites for hydroxylation is 1. The van der Waals surface area contributed by atoms with Crippen LogP contribution in [0.25, 0.3) is 0 Å². The van der Waals surface area contributed by atoms with E-state index in [1.807, 2.05) is 13.0 Å². The number of ketones is 1. The van der Waals surface area contributed by atoms with Crippen molar-refractivity contribution in [2.45, 2.75) is 66.5 Å².